The summed E-state index contributed by atoms with van der Waals surface area (Å²) in [5, 5.41) is 17.2. The minimum absolute atomic E-state index is 0.193. The molecule has 0 aromatic carbocycles. The number of ether oxygens (including phenoxy) is 1. The minimum atomic E-state index is -1.23. The second kappa shape index (κ2) is 9.16. The first-order valence-electron chi connectivity index (χ1n) is 6.63. The van der Waals surface area contributed by atoms with E-state index in [-0.39, 0.29) is 12.4 Å². The van der Waals surface area contributed by atoms with Gasteiger partial charge in [0.05, 0.1) is 11.9 Å². The Bertz CT molecular complexity index is 550. The quantitative estimate of drug-likeness (QED) is 0.498. The van der Waals surface area contributed by atoms with E-state index in [0.29, 0.717) is 12.0 Å². The van der Waals surface area contributed by atoms with E-state index in [0.717, 1.165) is 11.8 Å². The molecular formula is C13H19N3O6S. The second-order valence-corrected chi connectivity index (χ2v) is 5.65. The van der Waals surface area contributed by atoms with Crippen LogP contribution in [0.15, 0.2) is 10.6 Å². The number of thioether (sulfide) groups is 1. The van der Waals surface area contributed by atoms with Crippen molar-refractivity contribution in [3.05, 3.63) is 11.8 Å². The number of amides is 1. The van der Waals surface area contributed by atoms with E-state index in [4.69, 9.17) is 14.4 Å². The van der Waals surface area contributed by atoms with Crippen LogP contribution in [0.1, 0.15) is 5.76 Å². The van der Waals surface area contributed by atoms with Crippen molar-refractivity contribution in [3.63, 3.8) is 0 Å². The van der Waals surface area contributed by atoms with Crippen molar-refractivity contribution in [1.82, 2.24) is 10.5 Å². The lowest BCUT2D eigenvalue weighted by molar-refractivity contribution is -0.143. The summed E-state index contributed by atoms with van der Waals surface area (Å²) in [6.07, 6.45) is 2.28. The Morgan fingerprint density at radius 3 is 2.70 bits per heavy atom. The van der Waals surface area contributed by atoms with Crippen LogP contribution in [-0.2, 0) is 19.1 Å². The van der Waals surface area contributed by atoms with Crippen molar-refractivity contribution in [2.75, 3.05) is 25.3 Å². The first kappa shape index (κ1) is 19.0. The van der Waals surface area contributed by atoms with Crippen LogP contribution in [-0.4, -0.2) is 65.7 Å². The van der Waals surface area contributed by atoms with Crippen LogP contribution in [0.25, 0.3) is 0 Å². The van der Waals surface area contributed by atoms with E-state index in [9.17, 15) is 14.4 Å². The minimum Gasteiger partial charge on any atom is -0.480 e. The molecular weight excluding hydrogens is 326 g/mol. The molecule has 0 fully saturated rings. The smallest absolute Gasteiger partial charge is 0.328 e. The van der Waals surface area contributed by atoms with Gasteiger partial charge in [-0.2, -0.15) is 11.8 Å². The van der Waals surface area contributed by atoms with Gasteiger partial charge in [-0.05, 0) is 13.2 Å². The zero-order valence-electron chi connectivity index (χ0n) is 12.9. The van der Waals surface area contributed by atoms with Gasteiger partial charge >= 0.3 is 5.97 Å². The molecule has 23 heavy (non-hydrogen) atoms. The summed E-state index contributed by atoms with van der Waals surface area (Å²) in [6, 6.07) is -0.664. The molecule has 1 heterocycles. The summed E-state index contributed by atoms with van der Waals surface area (Å²) in [5.74, 6) is -1.08. The SMILES string of the molecule is COC[C@H](NC(=O)[C@@H](Nc1cc(C)on1)C(C=O)SC)C(=O)O. The van der Waals surface area contributed by atoms with Crippen LogP contribution in [0, 0.1) is 6.92 Å². The summed E-state index contributed by atoms with van der Waals surface area (Å²) in [6.45, 7) is 1.49. The Morgan fingerprint density at radius 1 is 1.57 bits per heavy atom. The zero-order valence-corrected chi connectivity index (χ0v) is 13.8. The molecule has 0 spiro atoms. The maximum Gasteiger partial charge on any atom is 0.328 e. The number of carboxylic acids is 1. The molecule has 1 aromatic rings. The lowest BCUT2D eigenvalue weighted by Gasteiger charge is -2.23. The second-order valence-electron chi connectivity index (χ2n) is 4.64. The highest BCUT2D eigenvalue weighted by atomic mass is 32.2. The number of carbonyl (C=O) groups is 3. The van der Waals surface area contributed by atoms with Gasteiger partial charge in [-0.1, -0.05) is 5.16 Å². The number of carbonyl (C=O) groups excluding carboxylic acids is 2. The van der Waals surface area contributed by atoms with Gasteiger partial charge in [0, 0.05) is 13.2 Å². The van der Waals surface area contributed by atoms with E-state index in [1.54, 1.807) is 19.2 Å². The fourth-order valence-electron chi connectivity index (χ4n) is 1.76. The monoisotopic (exact) mass is 345 g/mol. The number of anilines is 1. The highest BCUT2D eigenvalue weighted by Crippen LogP contribution is 2.16. The Balaban J connectivity index is 2.91. The van der Waals surface area contributed by atoms with Crippen LogP contribution < -0.4 is 10.6 Å². The molecule has 0 saturated carbocycles. The predicted molar refractivity (Wildman–Crippen MR) is 83.5 cm³/mol. The average molecular weight is 345 g/mol. The van der Waals surface area contributed by atoms with Crippen LogP contribution in [0.5, 0.6) is 0 Å². The molecule has 0 saturated heterocycles. The van der Waals surface area contributed by atoms with E-state index < -0.39 is 29.2 Å². The highest BCUT2D eigenvalue weighted by Gasteiger charge is 2.31. The predicted octanol–water partition coefficient (Wildman–Crippen LogP) is -0.0902. The molecule has 10 heteroatoms. The van der Waals surface area contributed by atoms with Crippen LogP contribution >= 0.6 is 11.8 Å². The summed E-state index contributed by atoms with van der Waals surface area (Å²) in [4.78, 5) is 34.7. The Hall–Kier alpha value is -2.07. The maximum absolute atomic E-state index is 12.4. The Kier molecular flexibility index (Phi) is 7.55. The van der Waals surface area contributed by atoms with Gasteiger partial charge in [0.1, 0.15) is 18.1 Å². The van der Waals surface area contributed by atoms with Gasteiger partial charge < -0.3 is 29.8 Å². The molecule has 1 aromatic heterocycles. The van der Waals surface area contributed by atoms with Gasteiger partial charge in [-0.25, -0.2) is 4.79 Å². The molecule has 1 unspecified atom stereocenters. The van der Waals surface area contributed by atoms with Gasteiger partial charge in [0.25, 0.3) is 0 Å². The van der Waals surface area contributed by atoms with Gasteiger partial charge in [0.2, 0.25) is 5.91 Å². The van der Waals surface area contributed by atoms with Crippen LogP contribution in [0.2, 0.25) is 0 Å². The first-order chi connectivity index (χ1) is 10.9. The number of aliphatic carboxylic acids is 1. The van der Waals surface area contributed by atoms with E-state index in [1.807, 2.05) is 0 Å². The third kappa shape index (κ3) is 5.57. The fourth-order valence-corrected chi connectivity index (χ4v) is 2.34. The normalized spacial score (nSPS) is 14.6. The molecule has 0 radical (unpaired) electrons. The number of nitrogens with one attached hydrogen (secondary N) is 2. The molecule has 1 amide bonds. The van der Waals surface area contributed by atoms with Crippen molar-refractivity contribution in [1.29, 1.82) is 0 Å². The van der Waals surface area contributed by atoms with Crippen molar-refractivity contribution in [3.8, 4) is 0 Å². The summed E-state index contributed by atoms with van der Waals surface area (Å²) in [7, 11) is 1.33. The molecule has 0 aliphatic rings. The number of hydrogen-bond acceptors (Lipinski definition) is 8. The third-order valence-corrected chi connectivity index (χ3v) is 3.82. The van der Waals surface area contributed by atoms with Crippen molar-refractivity contribution >= 4 is 35.7 Å². The number of methoxy groups -OCH3 is 1. The topological polar surface area (TPSA) is 131 Å². The Labute approximate surface area is 137 Å². The molecule has 0 bridgehead atoms. The molecule has 128 valence electrons. The number of rotatable bonds is 10. The first-order valence-corrected chi connectivity index (χ1v) is 7.91. The number of hydrogen-bond donors (Lipinski definition) is 3. The average Bonchev–Trinajstić information content (AvgIpc) is 2.92. The van der Waals surface area contributed by atoms with E-state index in [1.165, 1.54) is 7.11 Å². The summed E-state index contributed by atoms with van der Waals surface area (Å²) < 4.78 is 9.66. The summed E-state index contributed by atoms with van der Waals surface area (Å²) in [5.41, 5.74) is 0. The number of nitrogens with zero attached hydrogens (tertiary/aromatic N) is 1. The third-order valence-electron chi connectivity index (χ3n) is 2.90. The number of aromatic nitrogens is 1. The number of aldehydes is 1. The van der Waals surface area contributed by atoms with Crippen LogP contribution in [0.4, 0.5) is 5.82 Å². The molecule has 0 aliphatic heterocycles. The van der Waals surface area contributed by atoms with Crippen LogP contribution in [0.3, 0.4) is 0 Å². The number of aryl methyl sites for hydroxylation is 1. The lowest BCUT2D eigenvalue weighted by atomic mass is 10.1. The fraction of sp³-hybridized carbons (Fsp3) is 0.538. The van der Waals surface area contributed by atoms with Crippen molar-refractivity contribution < 1.29 is 28.8 Å². The molecule has 1 rings (SSSR count). The molecule has 3 atom stereocenters. The molecule has 0 aliphatic carbocycles. The highest BCUT2D eigenvalue weighted by molar-refractivity contribution is 7.99. The number of carboxylic acid groups (broad SMARTS) is 1. The standard InChI is InChI=1S/C13H19N3O6S/c1-7-4-10(16-22-7)15-11(9(5-17)23-3)12(18)14-8(6-21-2)13(19)20/h4-5,8-9,11H,6H2,1-3H3,(H,14,18)(H,15,16)(H,19,20)/t8-,9?,11-/m0/s1. The molecule has 3 N–H and O–H groups in total. The van der Waals surface area contributed by atoms with Gasteiger partial charge in [-0.3, -0.25) is 4.79 Å². The van der Waals surface area contributed by atoms with Gasteiger partial charge in [0.15, 0.2) is 11.9 Å². The van der Waals surface area contributed by atoms with E-state index >= 15 is 0 Å². The zero-order chi connectivity index (χ0) is 17.4. The largest absolute Gasteiger partial charge is 0.480 e. The maximum atomic E-state index is 12.4. The van der Waals surface area contributed by atoms with E-state index in [2.05, 4.69) is 15.8 Å². The van der Waals surface area contributed by atoms with Crippen molar-refractivity contribution in [2.45, 2.75) is 24.3 Å². The van der Waals surface area contributed by atoms with Gasteiger partial charge in [-0.15, -0.1) is 0 Å². The molecule has 9 nitrogen and oxygen atoms in total. The Morgan fingerprint density at radius 2 is 2.26 bits per heavy atom. The van der Waals surface area contributed by atoms with Crippen molar-refractivity contribution in [2.24, 2.45) is 0 Å². The lowest BCUT2D eigenvalue weighted by Crippen LogP contribution is -2.53. The summed E-state index contributed by atoms with van der Waals surface area (Å²) >= 11 is 1.15.